The molecule has 22 heavy (non-hydrogen) atoms. The number of carbonyl (C=O) groups is 1. The standard InChI is InChI=1S/C15H16N6O/c1-15(6-13(22)21(2)14(16)20-15)11-3-4-19-12(5-11)10-7-17-9-18-8-10/h3-5,7-9H,6H2,1-2H3,(H2,16,20)/t15-/m0/s1. The summed E-state index contributed by atoms with van der Waals surface area (Å²) in [6, 6.07) is 3.75. The summed E-state index contributed by atoms with van der Waals surface area (Å²) in [6.07, 6.45) is 6.81. The molecule has 0 aromatic carbocycles. The minimum Gasteiger partial charge on any atom is -0.369 e. The molecule has 3 rings (SSSR count). The van der Waals surface area contributed by atoms with E-state index in [1.165, 1.54) is 11.2 Å². The first-order chi connectivity index (χ1) is 10.5. The number of hydrogen-bond donors (Lipinski definition) is 1. The Morgan fingerprint density at radius 2 is 2.05 bits per heavy atom. The first kappa shape index (κ1) is 14.1. The van der Waals surface area contributed by atoms with E-state index in [-0.39, 0.29) is 18.3 Å². The van der Waals surface area contributed by atoms with Gasteiger partial charge < -0.3 is 5.73 Å². The largest absolute Gasteiger partial charge is 0.369 e. The van der Waals surface area contributed by atoms with Gasteiger partial charge >= 0.3 is 0 Å². The van der Waals surface area contributed by atoms with E-state index in [4.69, 9.17) is 5.73 Å². The maximum atomic E-state index is 12.1. The van der Waals surface area contributed by atoms with E-state index < -0.39 is 5.54 Å². The minimum atomic E-state index is -0.693. The van der Waals surface area contributed by atoms with Gasteiger partial charge in [0.1, 0.15) is 6.33 Å². The quantitative estimate of drug-likeness (QED) is 0.889. The molecule has 1 aliphatic rings. The van der Waals surface area contributed by atoms with Crippen molar-refractivity contribution in [2.24, 2.45) is 10.7 Å². The Kier molecular flexibility index (Phi) is 3.32. The molecule has 2 aromatic rings. The van der Waals surface area contributed by atoms with Gasteiger partial charge in [0.05, 0.1) is 17.7 Å². The fourth-order valence-electron chi connectivity index (χ4n) is 2.43. The fourth-order valence-corrected chi connectivity index (χ4v) is 2.43. The van der Waals surface area contributed by atoms with E-state index in [2.05, 4.69) is 19.9 Å². The lowest BCUT2D eigenvalue weighted by Gasteiger charge is -2.33. The maximum Gasteiger partial charge on any atom is 0.231 e. The molecular formula is C15H16N6O. The molecule has 0 radical (unpaired) electrons. The molecule has 0 unspecified atom stereocenters. The Balaban J connectivity index is 2.04. The number of pyridine rings is 1. The Morgan fingerprint density at radius 3 is 2.73 bits per heavy atom. The molecule has 2 N–H and O–H groups in total. The second-order valence-electron chi connectivity index (χ2n) is 5.43. The lowest BCUT2D eigenvalue weighted by atomic mass is 9.87. The number of guanidine groups is 1. The van der Waals surface area contributed by atoms with Gasteiger partial charge in [-0.2, -0.15) is 0 Å². The number of nitrogens with two attached hydrogens (primary N) is 1. The Hall–Kier alpha value is -2.83. The van der Waals surface area contributed by atoms with Gasteiger partial charge in [0.2, 0.25) is 5.91 Å². The van der Waals surface area contributed by atoms with Crippen molar-refractivity contribution in [2.45, 2.75) is 18.9 Å². The fraction of sp³-hybridized carbons (Fsp3) is 0.267. The van der Waals surface area contributed by atoms with Crippen molar-refractivity contribution in [1.29, 1.82) is 0 Å². The van der Waals surface area contributed by atoms with Crippen LogP contribution in [-0.2, 0) is 10.3 Å². The van der Waals surface area contributed by atoms with Crippen LogP contribution in [0.3, 0.4) is 0 Å². The van der Waals surface area contributed by atoms with Gasteiger partial charge in [-0.05, 0) is 24.6 Å². The monoisotopic (exact) mass is 296 g/mol. The normalized spacial score (nSPS) is 21.6. The summed E-state index contributed by atoms with van der Waals surface area (Å²) in [4.78, 5) is 30.3. The third-order valence-corrected chi connectivity index (χ3v) is 3.81. The predicted molar refractivity (Wildman–Crippen MR) is 81.6 cm³/mol. The second-order valence-corrected chi connectivity index (χ2v) is 5.43. The smallest absolute Gasteiger partial charge is 0.231 e. The molecule has 0 fully saturated rings. The van der Waals surface area contributed by atoms with Gasteiger partial charge in [-0.25, -0.2) is 15.0 Å². The van der Waals surface area contributed by atoms with Gasteiger partial charge in [0.15, 0.2) is 5.96 Å². The van der Waals surface area contributed by atoms with Gasteiger partial charge in [-0.1, -0.05) is 0 Å². The van der Waals surface area contributed by atoms with Crippen LogP contribution in [-0.4, -0.2) is 38.8 Å². The molecule has 2 aromatic heterocycles. The number of hydrogen-bond acceptors (Lipinski definition) is 6. The molecule has 3 heterocycles. The van der Waals surface area contributed by atoms with E-state index >= 15 is 0 Å². The summed E-state index contributed by atoms with van der Waals surface area (Å²) in [5, 5.41) is 0. The number of carbonyl (C=O) groups excluding carboxylic acids is 1. The van der Waals surface area contributed by atoms with E-state index in [1.54, 1.807) is 25.6 Å². The van der Waals surface area contributed by atoms with Crippen molar-refractivity contribution in [3.8, 4) is 11.3 Å². The van der Waals surface area contributed by atoms with Crippen molar-refractivity contribution in [3.05, 3.63) is 42.6 Å². The van der Waals surface area contributed by atoms with Crippen LogP contribution in [0.15, 0.2) is 42.0 Å². The van der Waals surface area contributed by atoms with E-state index in [1.807, 2.05) is 19.1 Å². The Labute approximate surface area is 127 Å². The van der Waals surface area contributed by atoms with E-state index in [9.17, 15) is 4.79 Å². The van der Waals surface area contributed by atoms with Gasteiger partial charge in [-0.3, -0.25) is 14.7 Å². The summed E-state index contributed by atoms with van der Waals surface area (Å²) >= 11 is 0. The molecule has 1 aliphatic heterocycles. The molecule has 7 nitrogen and oxygen atoms in total. The van der Waals surface area contributed by atoms with Crippen LogP contribution in [0.4, 0.5) is 0 Å². The Bertz CT molecular complexity index is 745. The topological polar surface area (TPSA) is 97.4 Å². The molecular weight excluding hydrogens is 280 g/mol. The van der Waals surface area contributed by atoms with Crippen LogP contribution in [0.5, 0.6) is 0 Å². The molecule has 0 aliphatic carbocycles. The first-order valence-corrected chi connectivity index (χ1v) is 6.83. The lowest BCUT2D eigenvalue weighted by Crippen LogP contribution is -2.47. The molecule has 112 valence electrons. The van der Waals surface area contributed by atoms with E-state index in [0.717, 1.165) is 16.8 Å². The summed E-state index contributed by atoms with van der Waals surface area (Å²) < 4.78 is 0. The highest BCUT2D eigenvalue weighted by atomic mass is 16.2. The number of nitrogens with zero attached hydrogens (tertiary/aromatic N) is 5. The first-order valence-electron chi connectivity index (χ1n) is 6.83. The van der Waals surface area contributed by atoms with Crippen molar-refractivity contribution >= 4 is 11.9 Å². The molecule has 0 bridgehead atoms. The van der Waals surface area contributed by atoms with Crippen LogP contribution in [0.2, 0.25) is 0 Å². The summed E-state index contributed by atoms with van der Waals surface area (Å²) in [7, 11) is 1.63. The van der Waals surface area contributed by atoms with Crippen molar-refractivity contribution in [3.63, 3.8) is 0 Å². The molecule has 0 saturated heterocycles. The summed E-state index contributed by atoms with van der Waals surface area (Å²) in [6.45, 7) is 1.89. The number of amides is 1. The predicted octanol–water partition coefficient (Wildman–Crippen LogP) is 0.931. The molecule has 1 amide bonds. The van der Waals surface area contributed by atoms with Crippen molar-refractivity contribution < 1.29 is 4.79 Å². The molecule has 0 saturated carbocycles. The third-order valence-electron chi connectivity index (χ3n) is 3.81. The zero-order valence-electron chi connectivity index (χ0n) is 12.4. The van der Waals surface area contributed by atoms with Crippen molar-refractivity contribution in [1.82, 2.24) is 19.9 Å². The Morgan fingerprint density at radius 1 is 1.32 bits per heavy atom. The molecule has 0 spiro atoms. The van der Waals surface area contributed by atoms with Crippen LogP contribution in [0.25, 0.3) is 11.3 Å². The number of aliphatic imine (C=N–C) groups is 1. The summed E-state index contributed by atoms with van der Waals surface area (Å²) in [5.74, 6) is 0.163. The molecule has 7 heteroatoms. The average molecular weight is 296 g/mol. The second kappa shape index (κ2) is 5.18. The highest BCUT2D eigenvalue weighted by Gasteiger charge is 2.36. The van der Waals surface area contributed by atoms with Gasteiger partial charge in [0.25, 0.3) is 0 Å². The number of aromatic nitrogens is 3. The van der Waals surface area contributed by atoms with Gasteiger partial charge in [-0.15, -0.1) is 0 Å². The summed E-state index contributed by atoms with van der Waals surface area (Å²) in [5.41, 5.74) is 7.58. The van der Waals surface area contributed by atoms with Crippen LogP contribution in [0, 0.1) is 0 Å². The van der Waals surface area contributed by atoms with Crippen LogP contribution in [0.1, 0.15) is 18.9 Å². The minimum absolute atomic E-state index is 0.0589. The zero-order valence-corrected chi connectivity index (χ0v) is 12.4. The van der Waals surface area contributed by atoms with E-state index in [0.29, 0.717) is 0 Å². The highest BCUT2D eigenvalue weighted by molar-refractivity contribution is 5.98. The van der Waals surface area contributed by atoms with Gasteiger partial charge in [0, 0.05) is 31.2 Å². The van der Waals surface area contributed by atoms with Crippen molar-refractivity contribution in [2.75, 3.05) is 7.05 Å². The lowest BCUT2D eigenvalue weighted by molar-refractivity contribution is -0.128. The maximum absolute atomic E-state index is 12.1. The molecule has 1 atom stereocenters. The van der Waals surface area contributed by atoms with Crippen LogP contribution < -0.4 is 5.73 Å². The van der Waals surface area contributed by atoms with Crippen LogP contribution >= 0.6 is 0 Å². The average Bonchev–Trinajstić information content (AvgIpc) is 2.53. The number of rotatable bonds is 2. The zero-order chi connectivity index (χ0) is 15.7. The SMILES string of the molecule is CN1C(=O)C[C@@](C)(c2ccnc(-c3cncnc3)c2)N=C1N. The highest BCUT2D eigenvalue weighted by Crippen LogP contribution is 2.33. The third kappa shape index (κ3) is 2.41.